The number of aromatic nitrogens is 1. The van der Waals surface area contributed by atoms with Crippen molar-refractivity contribution in [3.05, 3.63) is 90.0 Å². The van der Waals surface area contributed by atoms with E-state index in [0.717, 1.165) is 25.9 Å². The molecule has 0 aliphatic rings. The van der Waals surface area contributed by atoms with Crippen molar-refractivity contribution in [2.45, 2.75) is 15.0 Å². The molecule has 0 radical (unpaired) electrons. The molecule has 0 saturated heterocycles. The first-order chi connectivity index (χ1) is 14.8. The molecule has 0 aliphatic carbocycles. The lowest BCUT2D eigenvalue weighted by Crippen LogP contribution is -1.96. The highest BCUT2D eigenvalue weighted by molar-refractivity contribution is 8.00. The third-order valence-corrected chi connectivity index (χ3v) is 7.97. The monoisotopic (exact) mass is 473 g/mol. The Morgan fingerprint density at radius 3 is 2.23 bits per heavy atom. The summed E-state index contributed by atoms with van der Waals surface area (Å²) in [6, 6.07) is 19.2. The fraction of sp³-hybridized carbons (Fsp3) is 0.0870. The summed E-state index contributed by atoms with van der Waals surface area (Å²) < 4.78 is 51.2. The standard InChI is InChI=1S/C23H17F2NO2S3/c1-31(27,28)20-11-7-17(8-12-20)22-21(16-5-9-18(24)10-6-16)26-23(30-22)29-14-15-3-2-4-19(25)13-15/h2-13H,14H2,1H3. The Balaban J connectivity index is 1.71. The SMILES string of the molecule is CS(=O)(=O)c1ccc(-c2sc(SCc3cccc(F)c3)nc2-c2ccc(F)cc2)cc1. The number of thiazole rings is 1. The van der Waals surface area contributed by atoms with Crippen molar-refractivity contribution < 1.29 is 17.2 Å². The molecule has 0 amide bonds. The van der Waals surface area contributed by atoms with Crippen LogP contribution >= 0.6 is 23.1 Å². The molecule has 0 spiro atoms. The number of hydrogen-bond donors (Lipinski definition) is 0. The summed E-state index contributed by atoms with van der Waals surface area (Å²) in [5.41, 5.74) is 3.13. The highest BCUT2D eigenvalue weighted by Crippen LogP contribution is 2.41. The zero-order valence-corrected chi connectivity index (χ0v) is 18.8. The van der Waals surface area contributed by atoms with Crippen molar-refractivity contribution >= 4 is 32.9 Å². The topological polar surface area (TPSA) is 47.0 Å². The van der Waals surface area contributed by atoms with Crippen LogP contribution in [-0.4, -0.2) is 19.7 Å². The maximum absolute atomic E-state index is 13.5. The van der Waals surface area contributed by atoms with Crippen LogP contribution in [0, 0.1) is 11.6 Å². The number of nitrogens with zero attached hydrogens (tertiary/aromatic N) is 1. The number of halogens is 2. The summed E-state index contributed by atoms with van der Waals surface area (Å²) in [4.78, 5) is 5.84. The van der Waals surface area contributed by atoms with Gasteiger partial charge in [-0.15, -0.1) is 11.3 Å². The molecule has 3 aromatic carbocycles. The third kappa shape index (κ3) is 5.20. The molecule has 8 heteroatoms. The first-order valence-electron chi connectivity index (χ1n) is 9.24. The van der Waals surface area contributed by atoms with Gasteiger partial charge in [-0.05, 0) is 59.7 Å². The van der Waals surface area contributed by atoms with Crippen LogP contribution in [0.3, 0.4) is 0 Å². The molecule has 0 atom stereocenters. The van der Waals surface area contributed by atoms with Crippen LogP contribution in [-0.2, 0) is 15.6 Å². The van der Waals surface area contributed by atoms with Gasteiger partial charge in [-0.3, -0.25) is 0 Å². The summed E-state index contributed by atoms with van der Waals surface area (Å²) in [6.45, 7) is 0. The highest BCUT2D eigenvalue weighted by Gasteiger charge is 2.17. The van der Waals surface area contributed by atoms with Gasteiger partial charge in [-0.1, -0.05) is 36.0 Å². The van der Waals surface area contributed by atoms with Gasteiger partial charge in [-0.2, -0.15) is 0 Å². The molecule has 31 heavy (non-hydrogen) atoms. The van der Waals surface area contributed by atoms with Crippen molar-refractivity contribution in [1.29, 1.82) is 0 Å². The summed E-state index contributed by atoms with van der Waals surface area (Å²) >= 11 is 2.95. The van der Waals surface area contributed by atoms with Crippen LogP contribution in [0.15, 0.2) is 82.0 Å². The fourth-order valence-electron chi connectivity index (χ4n) is 2.99. The Morgan fingerprint density at radius 2 is 1.58 bits per heavy atom. The molecule has 0 N–H and O–H groups in total. The van der Waals surface area contributed by atoms with E-state index in [-0.39, 0.29) is 16.5 Å². The fourth-order valence-corrected chi connectivity index (χ4v) is 5.73. The largest absolute Gasteiger partial charge is 0.229 e. The Hall–Kier alpha value is -2.55. The lowest BCUT2D eigenvalue weighted by Gasteiger charge is -2.04. The van der Waals surface area contributed by atoms with Crippen LogP contribution < -0.4 is 0 Å². The van der Waals surface area contributed by atoms with E-state index in [1.165, 1.54) is 53.6 Å². The van der Waals surface area contributed by atoms with Crippen LogP contribution in [0.25, 0.3) is 21.7 Å². The minimum atomic E-state index is -3.30. The molecule has 158 valence electrons. The van der Waals surface area contributed by atoms with Gasteiger partial charge in [0, 0.05) is 17.6 Å². The van der Waals surface area contributed by atoms with Gasteiger partial charge >= 0.3 is 0 Å². The minimum Gasteiger partial charge on any atom is -0.229 e. The van der Waals surface area contributed by atoms with E-state index >= 15 is 0 Å². The molecule has 0 unspecified atom stereocenters. The lowest BCUT2D eigenvalue weighted by atomic mass is 10.1. The van der Waals surface area contributed by atoms with Gasteiger partial charge in [0.05, 0.1) is 15.5 Å². The first-order valence-corrected chi connectivity index (χ1v) is 12.9. The Labute approximate surface area is 187 Å². The molecule has 4 rings (SSSR count). The average Bonchev–Trinajstić information content (AvgIpc) is 3.17. The van der Waals surface area contributed by atoms with Crippen molar-refractivity contribution in [2.24, 2.45) is 0 Å². The summed E-state index contributed by atoms with van der Waals surface area (Å²) in [5.74, 6) is -0.0599. The Bertz CT molecular complexity index is 1320. The number of hydrogen-bond acceptors (Lipinski definition) is 5. The summed E-state index contributed by atoms with van der Waals surface area (Å²) in [7, 11) is -3.30. The minimum absolute atomic E-state index is 0.241. The quantitative estimate of drug-likeness (QED) is 0.302. The predicted octanol–water partition coefficient (Wildman–Crippen LogP) is 6.45. The van der Waals surface area contributed by atoms with Crippen LogP contribution in [0.1, 0.15) is 5.56 Å². The summed E-state index contributed by atoms with van der Waals surface area (Å²) in [6.07, 6.45) is 1.17. The molecular weight excluding hydrogens is 456 g/mol. The number of thioether (sulfide) groups is 1. The maximum Gasteiger partial charge on any atom is 0.175 e. The summed E-state index contributed by atoms with van der Waals surface area (Å²) in [5, 5.41) is 0. The molecule has 3 nitrogen and oxygen atoms in total. The lowest BCUT2D eigenvalue weighted by molar-refractivity contribution is 0.602. The number of rotatable bonds is 6. The predicted molar refractivity (Wildman–Crippen MR) is 122 cm³/mol. The average molecular weight is 474 g/mol. The van der Waals surface area contributed by atoms with Gasteiger partial charge in [0.25, 0.3) is 0 Å². The van der Waals surface area contributed by atoms with E-state index in [1.807, 2.05) is 6.07 Å². The second-order valence-electron chi connectivity index (χ2n) is 6.88. The molecule has 0 saturated carbocycles. The normalized spacial score (nSPS) is 11.6. The third-order valence-electron chi connectivity index (χ3n) is 4.52. The van der Waals surface area contributed by atoms with Gasteiger partial charge in [0.1, 0.15) is 11.6 Å². The Morgan fingerprint density at radius 1 is 0.903 bits per heavy atom. The zero-order chi connectivity index (χ0) is 22.0. The maximum atomic E-state index is 13.5. The van der Waals surface area contributed by atoms with Crippen LogP contribution in [0.2, 0.25) is 0 Å². The van der Waals surface area contributed by atoms with Gasteiger partial charge in [0.2, 0.25) is 0 Å². The van der Waals surface area contributed by atoms with Crippen molar-refractivity contribution in [1.82, 2.24) is 4.98 Å². The first kappa shape index (κ1) is 21.7. The second kappa shape index (κ2) is 8.90. The van der Waals surface area contributed by atoms with Gasteiger partial charge in [0.15, 0.2) is 14.2 Å². The van der Waals surface area contributed by atoms with Crippen LogP contribution in [0.4, 0.5) is 8.78 Å². The van der Waals surface area contributed by atoms with E-state index < -0.39 is 9.84 Å². The molecular formula is C23H17F2NO2S3. The smallest absolute Gasteiger partial charge is 0.175 e. The van der Waals surface area contributed by atoms with E-state index in [1.54, 1.807) is 42.5 Å². The van der Waals surface area contributed by atoms with E-state index in [9.17, 15) is 17.2 Å². The Kier molecular flexibility index (Phi) is 6.22. The van der Waals surface area contributed by atoms with E-state index in [4.69, 9.17) is 4.98 Å². The molecule has 1 heterocycles. The highest BCUT2D eigenvalue weighted by atomic mass is 32.2. The number of benzene rings is 3. The number of sulfone groups is 1. The molecule has 0 aliphatic heterocycles. The van der Waals surface area contributed by atoms with Crippen molar-refractivity contribution in [2.75, 3.05) is 6.26 Å². The van der Waals surface area contributed by atoms with Crippen molar-refractivity contribution in [3.63, 3.8) is 0 Å². The molecule has 4 aromatic rings. The van der Waals surface area contributed by atoms with Gasteiger partial charge in [-0.25, -0.2) is 22.2 Å². The van der Waals surface area contributed by atoms with E-state index in [2.05, 4.69) is 0 Å². The molecule has 0 bridgehead atoms. The van der Waals surface area contributed by atoms with Crippen molar-refractivity contribution in [3.8, 4) is 21.7 Å². The van der Waals surface area contributed by atoms with E-state index in [0.29, 0.717) is 11.4 Å². The zero-order valence-electron chi connectivity index (χ0n) is 16.4. The van der Waals surface area contributed by atoms with Crippen LogP contribution in [0.5, 0.6) is 0 Å². The van der Waals surface area contributed by atoms with Gasteiger partial charge < -0.3 is 0 Å². The molecule has 1 aromatic heterocycles. The molecule has 0 fully saturated rings. The second-order valence-corrected chi connectivity index (χ2v) is 11.1.